The minimum absolute atomic E-state index is 0.806. The Morgan fingerprint density at radius 2 is 1.96 bits per heavy atom. The molecule has 5 heteroatoms. The van der Waals surface area contributed by atoms with Gasteiger partial charge in [0.1, 0.15) is 5.75 Å². The largest absolute Gasteiger partial charge is 0.497 e. The standard InChI is InChI=1S/C18H16N4O/c1-11-7-16(14-5-4-13(23-2)9-17(14)21-11)22-12-3-6-15-18(8-12)20-10-19-15/h3-10H,1-2H3,(H,19,20)(H,21,22). The number of rotatable bonds is 3. The number of aromatic nitrogens is 3. The van der Waals surface area contributed by atoms with Crippen LogP contribution in [0.25, 0.3) is 21.9 Å². The monoisotopic (exact) mass is 304 g/mol. The molecule has 5 nitrogen and oxygen atoms in total. The average molecular weight is 304 g/mol. The Hall–Kier alpha value is -3.08. The number of fused-ring (bicyclic) bond motifs is 2. The molecule has 0 aliphatic rings. The Balaban J connectivity index is 1.80. The van der Waals surface area contributed by atoms with E-state index in [4.69, 9.17) is 4.74 Å². The van der Waals surface area contributed by atoms with Crippen LogP contribution >= 0.6 is 0 Å². The van der Waals surface area contributed by atoms with Gasteiger partial charge < -0.3 is 15.0 Å². The van der Waals surface area contributed by atoms with E-state index in [2.05, 4.69) is 20.3 Å². The first-order valence-corrected chi connectivity index (χ1v) is 7.38. The quantitative estimate of drug-likeness (QED) is 0.596. The Bertz CT molecular complexity index is 1010. The molecular weight excluding hydrogens is 288 g/mol. The van der Waals surface area contributed by atoms with E-state index in [0.717, 1.165) is 44.8 Å². The zero-order valence-electron chi connectivity index (χ0n) is 12.9. The summed E-state index contributed by atoms with van der Waals surface area (Å²) in [6, 6.07) is 14.0. The lowest BCUT2D eigenvalue weighted by atomic mass is 10.1. The molecule has 0 amide bonds. The van der Waals surface area contributed by atoms with Crippen LogP contribution in [0.1, 0.15) is 5.69 Å². The molecule has 0 saturated carbocycles. The second kappa shape index (κ2) is 5.28. The third kappa shape index (κ3) is 2.46. The van der Waals surface area contributed by atoms with Crippen LogP contribution in [0.15, 0.2) is 48.8 Å². The molecule has 0 unspecified atom stereocenters. The maximum absolute atomic E-state index is 5.29. The van der Waals surface area contributed by atoms with E-state index in [1.165, 1.54) is 0 Å². The third-order valence-electron chi connectivity index (χ3n) is 3.84. The number of imidazole rings is 1. The summed E-state index contributed by atoms with van der Waals surface area (Å²) in [4.78, 5) is 12.0. The smallest absolute Gasteiger partial charge is 0.121 e. The molecule has 2 heterocycles. The van der Waals surface area contributed by atoms with Crippen LogP contribution in [-0.2, 0) is 0 Å². The number of aryl methyl sites for hydroxylation is 1. The molecule has 4 aromatic rings. The van der Waals surface area contributed by atoms with Crippen LogP contribution in [0.3, 0.4) is 0 Å². The van der Waals surface area contributed by atoms with Gasteiger partial charge in [-0.3, -0.25) is 4.98 Å². The van der Waals surface area contributed by atoms with Gasteiger partial charge in [0, 0.05) is 28.5 Å². The van der Waals surface area contributed by atoms with Crippen LogP contribution in [-0.4, -0.2) is 22.1 Å². The van der Waals surface area contributed by atoms with Gasteiger partial charge in [0.15, 0.2) is 0 Å². The topological polar surface area (TPSA) is 62.8 Å². The van der Waals surface area contributed by atoms with Crippen molar-refractivity contribution in [2.75, 3.05) is 12.4 Å². The molecule has 2 aromatic heterocycles. The number of methoxy groups -OCH3 is 1. The van der Waals surface area contributed by atoms with Crippen molar-refractivity contribution < 1.29 is 4.74 Å². The number of benzene rings is 2. The summed E-state index contributed by atoms with van der Waals surface area (Å²) in [6.07, 6.45) is 1.70. The summed E-state index contributed by atoms with van der Waals surface area (Å²) in [6.45, 7) is 1.99. The van der Waals surface area contributed by atoms with Gasteiger partial charge in [-0.1, -0.05) is 0 Å². The maximum atomic E-state index is 5.29. The molecular formula is C18H16N4O. The summed E-state index contributed by atoms with van der Waals surface area (Å²) in [5, 5.41) is 4.54. The highest BCUT2D eigenvalue weighted by atomic mass is 16.5. The first-order valence-electron chi connectivity index (χ1n) is 7.38. The Kier molecular flexibility index (Phi) is 3.12. The number of nitrogens with one attached hydrogen (secondary N) is 2. The maximum Gasteiger partial charge on any atom is 0.121 e. The summed E-state index contributed by atoms with van der Waals surface area (Å²) in [5.41, 5.74) is 5.85. The lowest BCUT2D eigenvalue weighted by Gasteiger charge is -2.12. The second-order valence-electron chi connectivity index (χ2n) is 5.45. The molecule has 0 bridgehead atoms. The SMILES string of the molecule is COc1ccc2c(Nc3ccc4nc[nH]c4c3)cc(C)nc2c1. The van der Waals surface area contributed by atoms with Crippen LogP contribution < -0.4 is 10.1 Å². The van der Waals surface area contributed by atoms with Crippen molar-refractivity contribution >= 4 is 33.3 Å². The number of H-pyrrole nitrogens is 1. The molecule has 2 aromatic carbocycles. The molecule has 0 saturated heterocycles. The number of nitrogens with zero attached hydrogens (tertiary/aromatic N) is 2. The second-order valence-corrected chi connectivity index (χ2v) is 5.45. The van der Waals surface area contributed by atoms with E-state index in [1.54, 1.807) is 13.4 Å². The van der Waals surface area contributed by atoms with Crippen molar-refractivity contribution in [1.29, 1.82) is 0 Å². The predicted molar refractivity (Wildman–Crippen MR) is 92.4 cm³/mol. The molecule has 0 spiro atoms. The van der Waals surface area contributed by atoms with E-state index in [-0.39, 0.29) is 0 Å². The lowest BCUT2D eigenvalue weighted by Crippen LogP contribution is -1.95. The number of hydrogen-bond donors (Lipinski definition) is 2. The number of anilines is 2. The molecule has 2 N–H and O–H groups in total. The number of aromatic amines is 1. The van der Waals surface area contributed by atoms with Gasteiger partial charge in [-0.15, -0.1) is 0 Å². The Morgan fingerprint density at radius 3 is 2.83 bits per heavy atom. The minimum atomic E-state index is 0.806. The highest BCUT2D eigenvalue weighted by Crippen LogP contribution is 2.29. The van der Waals surface area contributed by atoms with Gasteiger partial charge in [-0.2, -0.15) is 0 Å². The molecule has 0 aliphatic carbocycles. The zero-order valence-corrected chi connectivity index (χ0v) is 12.9. The van der Waals surface area contributed by atoms with Crippen molar-refractivity contribution in [3.63, 3.8) is 0 Å². The number of hydrogen-bond acceptors (Lipinski definition) is 4. The highest BCUT2D eigenvalue weighted by molar-refractivity contribution is 5.94. The van der Waals surface area contributed by atoms with Crippen LogP contribution in [0.4, 0.5) is 11.4 Å². The summed E-state index contributed by atoms with van der Waals surface area (Å²) < 4.78 is 5.29. The first kappa shape index (κ1) is 13.6. The molecule has 0 atom stereocenters. The van der Waals surface area contributed by atoms with Gasteiger partial charge in [0.25, 0.3) is 0 Å². The fourth-order valence-corrected chi connectivity index (χ4v) is 2.74. The van der Waals surface area contributed by atoms with Crippen molar-refractivity contribution in [2.45, 2.75) is 6.92 Å². The van der Waals surface area contributed by atoms with Gasteiger partial charge in [0.05, 0.1) is 30.0 Å². The van der Waals surface area contributed by atoms with E-state index >= 15 is 0 Å². The van der Waals surface area contributed by atoms with E-state index in [9.17, 15) is 0 Å². The fourth-order valence-electron chi connectivity index (χ4n) is 2.74. The molecule has 114 valence electrons. The van der Waals surface area contributed by atoms with E-state index in [0.29, 0.717) is 0 Å². The van der Waals surface area contributed by atoms with Crippen molar-refractivity contribution in [3.8, 4) is 5.75 Å². The fraction of sp³-hybridized carbons (Fsp3) is 0.111. The van der Waals surface area contributed by atoms with E-state index < -0.39 is 0 Å². The Labute approximate surface area is 133 Å². The van der Waals surface area contributed by atoms with Crippen LogP contribution in [0.5, 0.6) is 5.75 Å². The number of pyridine rings is 1. The average Bonchev–Trinajstić information content (AvgIpc) is 3.01. The first-order chi connectivity index (χ1) is 11.2. The molecule has 23 heavy (non-hydrogen) atoms. The summed E-state index contributed by atoms with van der Waals surface area (Å²) >= 11 is 0. The lowest BCUT2D eigenvalue weighted by molar-refractivity contribution is 0.415. The van der Waals surface area contributed by atoms with Gasteiger partial charge in [-0.05, 0) is 43.3 Å². The molecule has 4 rings (SSSR count). The molecule has 0 radical (unpaired) electrons. The minimum Gasteiger partial charge on any atom is -0.497 e. The predicted octanol–water partition coefficient (Wildman–Crippen LogP) is 4.17. The highest BCUT2D eigenvalue weighted by Gasteiger charge is 2.07. The van der Waals surface area contributed by atoms with Gasteiger partial charge in [0.2, 0.25) is 0 Å². The van der Waals surface area contributed by atoms with Crippen LogP contribution in [0, 0.1) is 6.92 Å². The van der Waals surface area contributed by atoms with Crippen molar-refractivity contribution in [2.24, 2.45) is 0 Å². The Morgan fingerprint density at radius 1 is 1.04 bits per heavy atom. The van der Waals surface area contributed by atoms with Crippen molar-refractivity contribution in [3.05, 3.63) is 54.5 Å². The van der Waals surface area contributed by atoms with Gasteiger partial charge in [-0.25, -0.2) is 4.98 Å². The third-order valence-corrected chi connectivity index (χ3v) is 3.84. The van der Waals surface area contributed by atoms with Crippen molar-refractivity contribution in [1.82, 2.24) is 15.0 Å². The molecule has 0 fully saturated rings. The zero-order chi connectivity index (χ0) is 15.8. The number of ether oxygens (including phenoxy) is 1. The van der Waals surface area contributed by atoms with Crippen LogP contribution in [0.2, 0.25) is 0 Å². The van der Waals surface area contributed by atoms with Gasteiger partial charge >= 0.3 is 0 Å². The summed E-state index contributed by atoms with van der Waals surface area (Å²) in [5.74, 6) is 0.806. The normalized spacial score (nSPS) is 11.0. The molecule has 0 aliphatic heterocycles. The summed E-state index contributed by atoms with van der Waals surface area (Å²) in [7, 11) is 1.66. The van der Waals surface area contributed by atoms with E-state index in [1.807, 2.05) is 49.4 Å².